The molecule has 0 unspecified atom stereocenters. The van der Waals surface area contributed by atoms with Crippen molar-refractivity contribution in [1.29, 1.82) is 5.26 Å². The predicted molar refractivity (Wildman–Crippen MR) is 109 cm³/mol. The first kappa shape index (κ1) is 19.9. The van der Waals surface area contributed by atoms with Crippen LogP contribution >= 0.6 is 11.3 Å². The second-order valence-electron chi connectivity index (χ2n) is 6.72. The van der Waals surface area contributed by atoms with Crippen molar-refractivity contribution < 1.29 is 8.78 Å². The molecule has 2 aromatic carbocycles. The summed E-state index contributed by atoms with van der Waals surface area (Å²) >= 11 is 1.47. The molecule has 0 aliphatic rings. The van der Waals surface area contributed by atoms with Gasteiger partial charge in [0.1, 0.15) is 24.3 Å². The van der Waals surface area contributed by atoms with E-state index in [1.165, 1.54) is 29.8 Å². The van der Waals surface area contributed by atoms with Crippen LogP contribution in [-0.4, -0.2) is 19.7 Å². The molecule has 2 aromatic heterocycles. The highest BCUT2D eigenvalue weighted by molar-refractivity contribution is 7.10. The third-order valence-corrected chi connectivity index (χ3v) is 5.83. The van der Waals surface area contributed by atoms with E-state index in [2.05, 4.69) is 16.2 Å². The summed E-state index contributed by atoms with van der Waals surface area (Å²) in [5.74, 6) is -0.757. The van der Waals surface area contributed by atoms with Gasteiger partial charge in [-0.3, -0.25) is 4.68 Å². The number of halogens is 2. The summed E-state index contributed by atoms with van der Waals surface area (Å²) in [6.45, 7) is 2.24. The van der Waals surface area contributed by atoms with Crippen molar-refractivity contribution in [1.82, 2.24) is 19.7 Å². The van der Waals surface area contributed by atoms with Gasteiger partial charge in [-0.05, 0) is 23.8 Å². The van der Waals surface area contributed by atoms with E-state index in [1.54, 1.807) is 23.1 Å². The largest absolute Gasteiger partial charge is 0.252 e. The summed E-state index contributed by atoms with van der Waals surface area (Å²) in [5, 5.41) is 15.8. The third kappa shape index (κ3) is 4.11. The van der Waals surface area contributed by atoms with Gasteiger partial charge in [0.25, 0.3) is 0 Å². The molecule has 4 aromatic rings. The van der Waals surface area contributed by atoms with E-state index in [9.17, 15) is 8.78 Å². The summed E-state index contributed by atoms with van der Waals surface area (Å²) in [6, 6.07) is 12.9. The monoisotopic (exact) mass is 420 g/mol. The van der Waals surface area contributed by atoms with Crippen LogP contribution in [0.15, 0.2) is 60.5 Å². The lowest BCUT2D eigenvalue weighted by molar-refractivity contribution is 0.542. The number of hydrogen-bond acceptors (Lipinski definition) is 5. The second-order valence-corrected chi connectivity index (χ2v) is 7.61. The van der Waals surface area contributed by atoms with Crippen LogP contribution in [0.5, 0.6) is 0 Å². The molecule has 8 heteroatoms. The van der Waals surface area contributed by atoms with E-state index in [4.69, 9.17) is 10.2 Å². The van der Waals surface area contributed by atoms with Gasteiger partial charge in [0.05, 0.1) is 28.9 Å². The Bertz CT molecular complexity index is 1180. The SMILES string of the molecule is C[C@H]([C](Cn1cncn1)c1ccc(F)cc1F)c1nc(-c2ccc(C#N)cc2)cs1. The molecule has 2 heterocycles. The molecule has 0 bridgehead atoms. The van der Waals surface area contributed by atoms with Gasteiger partial charge in [-0.25, -0.2) is 18.7 Å². The quantitative estimate of drug-likeness (QED) is 0.441. The van der Waals surface area contributed by atoms with Gasteiger partial charge in [-0.15, -0.1) is 11.3 Å². The normalized spacial score (nSPS) is 12.1. The zero-order valence-corrected chi connectivity index (χ0v) is 16.8. The molecule has 4 rings (SSSR count). The van der Waals surface area contributed by atoms with Crippen molar-refractivity contribution in [2.45, 2.75) is 19.4 Å². The van der Waals surface area contributed by atoms with Crippen molar-refractivity contribution in [2.75, 3.05) is 0 Å². The van der Waals surface area contributed by atoms with Crippen molar-refractivity contribution in [3.8, 4) is 17.3 Å². The summed E-state index contributed by atoms with van der Waals surface area (Å²) in [6.07, 6.45) is 2.97. The molecular weight excluding hydrogens is 404 g/mol. The lowest BCUT2D eigenvalue weighted by Crippen LogP contribution is -2.18. The van der Waals surface area contributed by atoms with Crippen LogP contribution in [-0.2, 0) is 6.54 Å². The maximum Gasteiger partial charge on any atom is 0.137 e. The predicted octanol–water partition coefficient (Wildman–Crippen LogP) is 4.98. The Morgan fingerprint density at radius 2 is 2.00 bits per heavy atom. The van der Waals surface area contributed by atoms with Gasteiger partial charge < -0.3 is 0 Å². The highest BCUT2D eigenvalue weighted by Crippen LogP contribution is 2.37. The number of thiazole rings is 1. The molecule has 0 saturated carbocycles. The fourth-order valence-electron chi connectivity index (χ4n) is 3.18. The van der Waals surface area contributed by atoms with Gasteiger partial charge in [-0.1, -0.05) is 25.1 Å². The Labute approximate surface area is 176 Å². The zero-order chi connectivity index (χ0) is 21.1. The summed E-state index contributed by atoms with van der Waals surface area (Å²) in [5.41, 5.74) is 2.59. The minimum atomic E-state index is -0.624. The van der Waals surface area contributed by atoms with E-state index in [-0.39, 0.29) is 5.92 Å². The molecular formula is C22H16F2N5S. The van der Waals surface area contributed by atoms with Crippen LogP contribution in [0.3, 0.4) is 0 Å². The molecule has 30 heavy (non-hydrogen) atoms. The molecule has 0 saturated heterocycles. The van der Waals surface area contributed by atoms with Crippen molar-refractivity contribution in [3.05, 3.63) is 94.2 Å². The molecule has 1 atom stereocenters. The van der Waals surface area contributed by atoms with E-state index < -0.39 is 11.6 Å². The number of aromatic nitrogens is 4. The maximum absolute atomic E-state index is 14.6. The van der Waals surface area contributed by atoms with Crippen LogP contribution < -0.4 is 0 Å². The number of hydrogen-bond donors (Lipinski definition) is 0. The zero-order valence-electron chi connectivity index (χ0n) is 16.0. The Kier molecular flexibility index (Phi) is 5.63. The van der Waals surface area contributed by atoms with Crippen LogP contribution in [0, 0.1) is 28.9 Å². The maximum atomic E-state index is 14.6. The molecule has 0 fully saturated rings. The minimum Gasteiger partial charge on any atom is -0.252 e. The standard InChI is InChI=1S/C22H16F2N5S/c1-14(22-28-21(11-30-22)16-4-2-15(9-25)3-5-16)19(10-29-13-26-12-27-29)18-7-6-17(23)8-20(18)24/h2-8,11-14H,10H2,1H3/t14-/m1/s1. The molecule has 0 aliphatic carbocycles. The molecule has 0 spiro atoms. The molecule has 0 aliphatic heterocycles. The highest BCUT2D eigenvalue weighted by atomic mass is 32.1. The van der Waals surface area contributed by atoms with Gasteiger partial charge in [0.15, 0.2) is 0 Å². The Balaban J connectivity index is 1.66. The first-order valence-electron chi connectivity index (χ1n) is 9.14. The fraction of sp³-hybridized carbons (Fsp3) is 0.136. The summed E-state index contributed by atoms with van der Waals surface area (Å²) in [7, 11) is 0. The Hall–Kier alpha value is -3.44. The molecule has 149 valence electrons. The lowest BCUT2D eigenvalue weighted by Gasteiger charge is -2.22. The number of benzene rings is 2. The van der Waals surface area contributed by atoms with Crippen molar-refractivity contribution >= 4 is 11.3 Å². The van der Waals surface area contributed by atoms with E-state index >= 15 is 0 Å². The highest BCUT2D eigenvalue weighted by Gasteiger charge is 2.28. The molecule has 1 radical (unpaired) electrons. The third-order valence-electron chi connectivity index (χ3n) is 4.80. The fourth-order valence-corrected chi connectivity index (χ4v) is 4.10. The Morgan fingerprint density at radius 3 is 2.67 bits per heavy atom. The van der Waals surface area contributed by atoms with E-state index in [1.807, 2.05) is 24.4 Å². The van der Waals surface area contributed by atoms with Crippen LogP contribution in [0.2, 0.25) is 0 Å². The summed E-state index contributed by atoms with van der Waals surface area (Å²) < 4.78 is 29.6. The number of nitrogens with zero attached hydrogens (tertiary/aromatic N) is 5. The average molecular weight is 420 g/mol. The molecule has 5 nitrogen and oxygen atoms in total. The Morgan fingerprint density at radius 1 is 1.20 bits per heavy atom. The number of rotatable bonds is 6. The van der Waals surface area contributed by atoms with E-state index in [0.717, 1.165) is 28.2 Å². The average Bonchev–Trinajstić information content (AvgIpc) is 3.44. The molecule has 0 N–H and O–H groups in total. The number of nitriles is 1. The van der Waals surface area contributed by atoms with Crippen molar-refractivity contribution in [3.63, 3.8) is 0 Å². The van der Waals surface area contributed by atoms with Crippen LogP contribution in [0.4, 0.5) is 8.78 Å². The smallest absolute Gasteiger partial charge is 0.137 e. The van der Waals surface area contributed by atoms with Gasteiger partial charge >= 0.3 is 0 Å². The minimum absolute atomic E-state index is 0.230. The summed E-state index contributed by atoms with van der Waals surface area (Å²) in [4.78, 5) is 8.68. The molecule has 0 amide bonds. The second kappa shape index (κ2) is 8.51. The van der Waals surface area contributed by atoms with Gasteiger partial charge in [0.2, 0.25) is 0 Å². The van der Waals surface area contributed by atoms with E-state index in [0.29, 0.717) is 17.7 Å². The topological polar surface area (TPSA) is 67.4 Å². The van der Waals surface area contributed by atoms with Crippen molar-refractivity contribution in [2.24, 2.45) is 0 Å². The van der Waals surface area contributed by atoms with Gasteiger partial charge in [-0.2, -0.15) is 10.4 Å². The van der Waals surface area contributed by atoms with Crippen LogP contribution in [0.1, 0.15) is 29.0 Å². The lowest BCUT2D eigenvalue weighted by atomic mass is 9.87. The first-order chi connectivity index (χ1) is 14.5. The van der Waals surface area contributed by atoms with Gasteiger partial charge in [0, 0.05) is 28.8 Å². The van der Waals surface area contributed by atoms with Crippen LogP contribution in [0.25, 0.3) is 11.3 Å². The first-order valence-corrected chi connectivity index (χ1v) is 10.0.